The Kier molecular flexibility index (Phi) is 6.79. The zero-order valence-corrected chi connectivity index (χ0v) is 17.8. The summed E-state index contributed by atoms with van der Waals surface area (Å²) in [5.41, 5.74) is 5.82. The third-order valence-corrected chi connectivity index (χ3v) is 5.70. The molecule has 0 aliphatic carbocycles. The van der Waals surface area contributed by atoms with Crippen molar-refractivity contribution in [2.45, 2.75) is 25.9 Å². The predicted molar refractivity (Wildman–Crippen MR) is 121 cm³/mol. The highest BCUT2D eigenvalue weighted by Crippen LogP contribution is 2.31. The molecule has 0 radical (unpaired) electrons. The van der Waals surface area contributed by atoms with Crippen LogP contribution in [0.3, 0.4) is 0 Å². The van der Waals surface area contributed by atoms with Crippen molar-refractivity contribution in [3.8, 4) is 0 Å². The molecule has 5 nitrogen and oxygen atoms in total. The summed E-state index contributed by atoms with van der Waals surface area (Å²) in [6, 6.07) is 14.4. The molecule has 160 valence electrons. The first kappa shape index (κ1) is 21.3. The molecular formula is C24H24ClFN4O. The molecule has 0 fully saturated rings. The molecule has 3 aromatic rings. The first-order chi connectivity index (χ1) is 15.1. The van der Waals surface area contributed by atoms with Crippen LogP contribution in [0.4, 0.5) is 10.1 Å². The van der Waals surface area contributed by atoms with E-state index in [9.17, 15) is 9.18 Å². The highest BCUT2D eigenvalue weighted by molar-refractivity contribution is 6.33. The van der Waals surface area contributed by atoms with Crippen molar-refractivity contribution >= 4 is 23.2 Å². The summed E-state index contributed by atoms with van der Waals surface area (Å²) in [5, 5.41) is 10.4. The molecule has 7 heteroatoms. The molecule has 0 spiro atoms. The second-order valence-corrected chi connectivity index (χ2v) is 7.92. The number of nitrogens with one attached hydrogen (secondary N) is 3. The van der Waals surface area contributed by atoms with E-state index in [0.29, 0.717) is 17.8 Å². The standard InChI is InChI=1S/C24H24ClFN4O/c25-22-8-5-17-9-11-27-12-10-21(17)23(22)29-13-16-1-3-18(4-2-16)24(31)30-15-20-7-6-19(26)14-28-20/h1-8,14,27,29H,9-13,15H2,(H,30,31). The number of nitrogens with zero attached hydrogens (tertiary/aromatic N) is 1. The number of rotatable bonds is 6. The number of benzene rings is 2. The van der Waals surface area contributed by atoms with Gasteiger partial charge in [0.1, 0.15) is 5.82 Å². The number of carbonyl (C=O) groups excluding carboxylic acids is 1. The van der Waals surface area contributed by atoms with Crippen molar-refractivity contribution in [1.29, 1.82) is 0 Å². The van der Waals surface area contributed by atoms with Crippen LogP contribution in [0.5, 0.6) is 0 Å². The van der Waals surface area contributed by atoms with Crippen LogP contribution >= 0.6 is 11.6 Å². The molecule has 0 bridgehead atoms. The van der Waals surface area contributed by atoms with Crippen LogP contribution in [-0.2, 0) is 25.9 Å². The number of hydrogen-bond acceptors (Lipinski definition) is 4. The van der Waals surface area contributed by atoms with E-state index in [1.54, 1.807) is 18.2 Å². The molecule has 1 aromatic heterocycles. The molecule has 0 atom stereocenters. The highest BCUT2D eigenvalue weighted by Gasteiger charge is 2.14. The lowest BCUT2D eigenvalue weighted by Crippen LogP contribution is -2.23. The lowest BCUT2D eigenvalue weighted by molar-refractivity contribution is 0.0950. The second kappa shape index (κ2) is 9.90. The summed E-state index contributed by atoms with van der Waals surface area (Å²) in [6.45, 7) is 2.79. The highest BCUT2D eigenvalue weighted by atomic mass is 35.5. The summed E-state index contributed by atoms with van der Waals surface area (Å²) >= 11 is 6.48. The molecule has 3 N–H and O–H groups in total. The molecule has 2 aromatic carbocycles. The van der Waals surface area contributed by atoms with Crippen molar-refractivity contribution in [2.75, 3.05) is 18.4 Å². The summed E-state index contributed by atoms with van der Waals surface area (Å²) in [5.74, 6) is -0.599. The number of fused-ring (bicyclic) bond motifs is 1. The van der Waals surface area contributed by atoms with Crippen LogP contribution in [-0.4, -0.2) is 24.0 Å². The molecule has 1 amide bonds. The van der Waals surface area contributed by atoms with E-state index in [0.717, 1.165) is 48.4 Å². The summed E-state index contributed by atoms with van der Waals surface area (Å²) in [7, 11) is 0. The van der Waals surface area contributed by atoms with E-state index >= 15 is 0 Å². The Morgan fingerprint density at radius 3 is 2.61 bits per heavy atom. The lowest BCUT2D eigenvalue weighted by Gasteiger charge is -2.16. The number of carbonyl (C=O) groups is 1. The number of amides is 1. The van der Waals surface area contributed by atoms with Gasteiger partial charge in [-0.25, -0.2) is 4.39 Å². The van der Waals surface area contributed by atoms with Crippen molar-refractivity contribution in [3.63, 3.8) is 0 Å². The summed E-state index contributed by atoms with van der Waals surface area (Å²) in [6.07, 6.45) is 3.08. The van der Waals surface area contributed by atoms with Crippen LogP contribution in [0.15, 0.2) is 54.7 Å². The fraction of sp³-hybridized carbons (Fsp3) is 0.250. The van der Waals surface area contributed by atoms with Gasteiger partial charge in [-0.1, -0.05) is 29.8 Å². The van der Waals surface area contributed by atoms with Crippen LogP contribution in [0.2, 0.25) is 5.02 Å². The Balaban J connectivity index is 1.37. The van der Waals surface area contributed by atoms with Crippen LogP contribution in [0.25, 0.3) is 0 Å². The third-order valence-electron chi connectivity index (χ3n) is 5.39. The number of halogens is 2. The molecular weight excluding hydrogens is 415 g/mol. The number of anilines is 1. The Morgan fingerprint density at radius 2 is 1.84 bits per heavy atom. The fourth-order valence-corrected chi connectivity index (χ4v) is 3.93. The van der Waals surface area contributed by atoms with Gasteiger partial charge >= 0.3 is 0 Å². The number of pyridine rings is 1. The van der Waals surface area contributed by atoms with Crippen molar-refractivity contribution < 1.29 is 9.18 Å². The smallest absolute Gasteiger partial charge is 0.251 e. The maximum Gasteiger partial charge on any atom is 0.251 e. The molecule has 0 saturated carbocycles. The van der Waals surface area contributed by atoms with E-state index in [4.69, 9.17) is 11.6 Å². The predicted octanol–water partition coefficient (Wildman–Crippen LogP) is 4.10. The minimum Gasteiger partial charge on any atom is -0.380 e. The minimum absolute atomic E-state index is 0.199. The fourth-order valence-electron chi connectivity index (χ4n) is 3.68. The van der Waals surface area contributed by atoms with Gasteiger partial charge < -0.3 is 16.0 Å². The van der Waals surface area contributed by atoms with E-state index in [1.807, 2.05) is 18.2 Å². The number of hydrogen-bond donors (Lipinski definition) is 3. The van der Waals surface area contributed by atoms with Crippen molar-refractivity contribution in [3.05, 3.63) is 93.5 Å². The monoisotopic (exact) mass is 438 g/mol. The molecule has 0 saturated heterocycles. The molecule has 31 heavy (non-hydrogen) atoms. The quantitative estimate of drug-likeness (QED) is 0.542. The summed E-state index contributed by atoms with van der Waals surface area (Å²) in [4.78, 5) is 16.3. The van der Waals surface area contributed by atoms with Gasteiger partial charge in [0.25, 0.3) is 5.91 Å². The van der Waals surface area contributed by atoms with Gasteiger partial charge in [-0.3, -0.25) is 9.78 Å². The van der Waals surface area contributed by atoms with E-state index < -0.39 is 5.82 Å². The van der Waals surface area contributed by atoms with Crippen LogP contribution in [0, 0.1) is 5.82 Å². The SMILES string of the molecule is O=C(NCc1ccc(F)cn1)c1ccc(CNc2c(Cl)ccc3c2CCNCC3)cc1. The van der Waals surface area contributed by atoms with E-state index in [-0.39, 0.29) is 12.5 Å². The van der Waals surface area contributed by atoms with Gasteiger partial charge in [-0.2, -0.15) is 0 Å². The lowest BCUT2D eigenvalue weighted by atomic mass is 10.0. The van der Waals surface area contributed by atoms with E-state index in [2.05, 4.69) is 27.0 Å². The topological polar surface area (TPSA) is 66.0 Å². The first-order valence-corrected chi connectivity index (χ1v) is 10.7. The summed E-state index contributed by atoms with van der Waals surface area (Å²) < 4.78 is 12.9. The number of aromatic nitrogens is 1. The largest absolute Gasteiger partial charge is 0.380 e. The Labute approximate surface area is 186 Å². The molecule has 1 aliphatic heterocycles. The second-order valence-electron chi connectivity index (χ2n) is 7.51. The maximum absolute atomic E-state index is 12.9. The van der Waals surface area contributed by atoms with Gasteiger partial charge in [0.2, 0.25) is 0 Å². The molecule has 1 aliphatic rings. The van der Waals surface area contributed by atoms with E-state index in [1.165, 1.54) is 17.2 Å². The van der Waals surface area contributed by atoms with Gasteiger partial charge in [0.05, 0.1) is 29.1 Å². The van der Waals surface area contributed by atoms with Gasteiger partial charge in [0.15, 0.2) is 0 Å². The average Bonchev–Trinajstić information content (AvgIpc) is 3.04. The average molecular weight is 439 g/mol. The Hall–Kier alpha value is -2.96. The first-order valence-electron chi connectivity index (χ1n) is 10.3. The molecule has 2 heterocycles. The van der Waals surface area contributed by atoms with Crippen molar-refractivity contribution in [1.82, 2.24) is 15.6 Å². The van der Waals surface area contributed by atoms with Crippen LogP contribution in [0.1, 0.15) is 32.7 Å². The normalized spacial score (nSPS) is 13.2. The zero-order chi connectivity index (χ0) is 21.6. The minimum atomic E-state index is -0.399. The Bertz CT molecular complexity index is 1050. The zero-order valence-electron chi connectivity index (χ0n) is 17.1. The Morgan fingerprint density at radius 1 is 1.03 bits per heavy atom. The van der Waals surface area contributed by atoms with Crippen molar-refractivity contribution in [2.24, 2.45) is 0 Å². The van der Waals surface area contributed by atoms with Crippen LogP contribution < -0.4 is 16.0 Å². The van der Waals surface area contributed by atoms with Gasteiger partial charge in [-0.15, -0.1) is 0 Å². The van der Waals surface area contributed by atoms with Gasteiger partial charge in [0, 0.05) is 12.1 Å². The van der Waals surface area contributed by atoms with Gasteiger partial charge in [-0.05, 0) is 73.0 Å². The maximum atomic E-state index is 12.9. The molecule has 4 rings (SSSR count). The molecule has 0 unspecified atom stereocenters. The third kappa shape index (κ3) is 5.40.